The zero-order chi connectivity index (χ0) is 19.7. The van der Waals surface area contributed by atoms with E-state index in [1.54, 1.807) is 17.0 Å². The average Bonchev–Trinajstić information content (AvgIpc) is 3.04. The van der Waals surface area contributed by atoms with Crippen molar-refractivity contribution in [1.29, 1.82) is 0 Å². The molecular formula is C21H27FN4O2. The summed E-state index contributed by atoms with van der Waals surface area (Å²) in [5.74, 6) is -0.451. The maximum atomic E-state index is 13.7. The van der Waals surface area contributed by atoms with Crippen molar-refractivity contribution in [2.24, 2.45) is 0 Å². The van der Waals surface area contributed by atoms with Crippen LogP contribution in [-0.4, -0.2) is 52.4 Å². The van der Waals surface area contributed by atoms with E-state index in [-0.39, 0.29) is 18.3 Å². The number of anilines is 1. The highest BCUT2D eigenvalue weighted by Crippen LogP contribution is 2.32. The van der Waals surface area contributed by atoms with Crippen LogP contribution in [0.15, 0.2) is 30.5 Å². The van der Waals surface area contributed by atoms with Crippen molar-refractivity contribution in [3.8, 4) is 0 Å². The van der Waals surface area contributed by atoms with Crippen LogP contribution in [0.1, 0.15) is 31.0 Å². The molecule has 0 aliphatic carbocycles. The Kier molecular flexibility index (Phi) is 5.21. The molecule has 1 unspecified atom stereocenters. The molecule has 0 radical (unpaired) electrons. The maximum absolute atomic E-state index is 13.7. The van der Waals surface area contributed by atoms with Crippen molar-refractivity contribution in [2.75, 3.05) is 31.1 Å². The second kappa shape index (κ2) is 7.64. The van der Waals surface area contributed by atoms with E-state index in [9.17, 15) is 9.18 Å². The first-order valence-corrected chi connectivity index (χ1v) is 9.93. The first-order chi connectivity index (χ1) is 13.5. The molecule has 0 saturated carbocycles. The molecule has 4 rings (SSSR count). The summed E-state index contributed by atoms with van der Waals surface area (Å²) in [4.78, 5) is 16.5. The number of aryl methyl sites for hydroxylation is 2. The SMILES string of the molecule is CCn1cc(CN2CCCC3(C2)CN(c2cccc(F)c2)C(=O)CO3)c(C)n1. The van der Waals surface area contributed by atoms with Gasteiger partial charge in [-0.05, 0) is 51.4 Å². The molecule has 1 atom stereocenters. The molecule has 2 aromatic rings. The molecular weight excluding hydrogens is 359 g/mol. The highest BCUT2D eigenvalue weighted by atomic mass is 19.1. The second-order valence-electron chi connectivity index (χ2n) is 7.84. The minimum absolute atomic E-state index is 0.0388. The van der Waals surface area contributed by atoms with Gasteiger partial charge in [-0.15, -0.1) is 0 Å². The molecule has 3 heterocycles. The molecule has 150 valence electrons. The minimum Gasteiger partial charge on any atom is -0.362 e. The zero-order valence-electron chi connectivity index (χ0n) is 16.5. The lowest BCUT2D eigenvalue weighted by molar-refractivity contribution is -0.146. The fraction of sp³-hybridized carbons (Fsp3) is 0.524. The number of hydrogen-bond donors (Lipinski definition) is 0. The van der Waals surface area contributed by atoms with E-state index in [1.807, 2.05) is 11.6 Å². The number of halogens is 1. The highest BCUT2D eigenvalue weighted by molar-refractivity contribution is 5.95. The van der Waals surface area contributed by atoms with E-state index in [0.717, 1.165) is 44.7 Å². The molecule has 1 amide bonds. The number of nitrogens with zero attached hydrogens (tertiary/aromatic N) is 4. The van der Waals surface area contributed by atoms with Crippen LogP contribution < -0.4 is 4.90 Å². The van der Waals surface area contributed by atoms with Gasteiger partial charge in [0.2, 0.25) is 0 Å². The van der Waals surface area contributed by atoms with E-state index in [2.05, 4.69) is 23.1 Å². The number of ether oxygens (including phenoxy) is 1. The number of benzene rings is 1. The molecule has 2 saturated heterocycles. The smallest absolute Gasteiger partial charge is 0.253 e. The third kappa shape index (κ3) is 3.82. The van der Waals surface area contributed by atoms with Crippen LogP contribution in [0.2, 0.25) is 0 Å². The van der Waals surface area contributed by atoms with Gasteiger partial charge in [-0.1, -0.05) is 6.07 Å². The molecule has 2 aliphatic rings. The second-order valence-corrected chi connectivity index (χ2v) is 7.84. The van der Waals surface area contributed by atoms with E-state index >= 15 is 0 Å². The average molecular weight is 386 g/mol. The third-order valence-corrected chi connectivity index (χ3v) is 5.75. The van der Waals surface area contributed by atoms with Crippen molar-refractivity contribution in [3.63, 3.8) is 0 Å². The van der Waals surface area contributed by atoms with Gasteiger partial charge in [0.15, 0.2) is 0 Å². The molecule has 7 heteroatoms. The first kappa shape index (κ1) is 19.1. The third-order valence-electron chi connectivity index (χ3n) is 5.75. The lowest BCUT2D eigenvalue weighted by atomic mass is 9.90. The minimum atomic E-state index is -0.410. The van der Waals surface area contributed by atoms with Gasteiger partial charge in [-0.3, -0.25) is 14.4 Å². The van der Waals surface area contributed by atoms with Gasteiger partial charge < -0.3 is 9.64 Å². The summed E-state index contributed by atoms with van der Waals surface area (Å²) >= 11 is 0. The van der Waals surface area contributed by atoms with Crippen molar-refractivity contribution >= 4 is 11.6 Å². The fourth-order valence-corrected chi connectivity index (χ4v) is 4.28. The van der Waals surface area contributed by atoms with Gasteiger partial charge in [0.05, 0.1) is 17.8 Å². The molecule has 2 fully saturated rings. The maximum Gasteiger partial charge on any atom is 0.253 e. The lowest BCUT2D eigenvalue weighted by Gasteiger charge is -2.47. The summed E-state index contributed by atoms with van der Waals surface area (Å²) in [5, 5.41) is 4.54. The van der Waals surface area contributed by atoms with Crippen molar-refractivity contribution in [2.45, 2.75) is 45.4 Å². The van der Waals surface area contributed by atoms with Gasteiger partial charge >= 0.3 is 0 Å². The molecule has 6 nitrogen and oxygen atoms in total. The molecule has 0 N–H and O–H groups in total. The number of likely N-dealkylation sites (tertiary alicyclic amines) is 1. The summed E-state index contributed by atoms with van der Waals surface area (Å²) in [6, 6.07) is 6.23. The lowest BCUT2D eigenvalue weighted by Crippen LogP contribution is -2.61. The standard InChI is InChI=1S/C21H27FN4O2/c1-3-25-12-17(16(2)23-25)11-24-9-5-8-21(14-24)15-26(20(27)13-28-21)19-7-4-6-18(22)10-19/h4,6-7,10,12H,3,5,8-9,11,13-15H2,1-2H3. The molecule has 2 aliphatic heterocycles. The van der Waals surface area contributed by atoms with Crippen molar-refractivity contribution < 1.29 is 13.9 Å². The van der Waals surface area contributed by atoms with Crippen LogP contribution in [0.4, 0.5) is 10.1 Å². The normalized spacial score (nSPS) is 23.5. The number of carbonyl (C=O) groups excluding carboxylic acids is 1. The van der Waals surface area contributed by atoms with Crippen molar-refractivity contribution in [3.05, 3.63) is 47.5 Å². The molecule has 1 aromatic heterocycles. The van der Waals surface area contributed by atoms with Gasteiger partial charge in [-0.2, -0.15) is 5.10 Å². The van der Waals surface area contributed by atoms with E-state index in [0.29, 0.717) is 12.2 Å². The van der Waals surface area contributed by atoms with Gasteiger partial charge in [-0.25, -0.2) is 4.39 Å². The van der Waals surface area contributed by atoms with Crippen LogP contribution in [-0.2, 0) is 22.6 Å². The summed E-state index contributed by atoms with van der Waals surface area (Å²) < 4.78 is 21.7. The van der Waals surface area contributed by atoms with Gasteiger partial charge in [0, 0.05) is 37.1 Å². The predicted octanol–water partition coefficient (Wildman–Crippen LogP) is 2.75. The Morgan fingerprint density at radius 1 is 1.32 bits per heavy atom. The Balaban J connectivity index is 1.50. The largest absolute Gasteiger partial charge is 0.362 e. The Morgan fingerprint density at radius 3 is 2.93 bits per heavy atom. The quantitative estimate of drug-likeness (QED) is 0.811. The molecule has 1 spiro atoms. The zero-order valence-corrected chi connectivity index (χ0v) is 16.5. The topological polar surface area (TPSA) is 50.6 Å². The van der Waals surface area contributed by atoms with Crippen LogP contribution in [0.5, 0.6) is 0 Å². The first-order valence-electron chi connectivity index (χ1n) is 9.93. The fourth-order valence-electron chi connectivity index (χ4n) is 4.28. The van der Waals surface area contributed by atoms with Crippen LogP contribution >= 0.6 is 0 Å². The Morgan fingerprint density at radius 2 is 2.18 bits per heavy atom. The van der Waals surface area contributed by atoms with E-state index < -0.39 is 5.60 Å². The van der Waals surface area contributed by atoms with Gasteiger partial charge in [0.1, 0.15) is 12.4 Å². The predicted molar refractivity (Wildman–Crippen MR) is 105 cm³/mol. The number of rotatable bonds is 4. The number of aromatic nitrogens is 2. The summed E-state index contributed by atoms with van der Waals surface area (Å²) in [7, 11) is 0. The Hall–Kier alpha value is -2.25. The summed E-state index contributed by atoms with van der Waals surface area (Å²) in [6.45, 7) is 8.06. The monoisotopic (exact) mass is 386 g/mol. The molecule has 0 bridgehead atoms. The van der Waals surface area contributed by atoms with Crippen molar-refractivity contribution in [1.82, 2.24) is 14.7 Å². The Bertz CT molecular complexity index is 868. The number of carbonyl (C=O) groups is 1. The van der Waals surface area contributed by atoms with Crippen LogP contribution in [0.3, 0.4) is 0 Å². The molecule has 1 aromatic carbocycles. The molecule has 28 heavy (non-hydrogen) atoms. The van der Waals surface area contributed by atoms with Gasteiger partial charge in [0.25, 0.3) is 5.91 Å². The van der Waals surface area contributed by atoms with Crippen LogP contribution in [0, 0.1) is 12.7 Å². The van der Waals surface area contributed by atoms with E-state index in [1.165, 1.54) is 17.7 Å². The summed E-state index contributed by atoms with van der Waals surface area (Å²) in [6.07, 6.45) is 4.02. The number of hydrogen-bond acceptors (Lipinski definition) is 4. The van der Waals surface area contributed by atoms with Crippen LogP contribution in [0.25, 0.3) is 0 Å². The summed E-state index contributed by atoms with van der Waals surface area (Å²) in [5.41, 5.74) is 2.48. The number of morpholine rings is 1. The number of piperidine rings is 1. The number of amides is 1. The highest BCUT2D eigenvalue weighted by Gasteiger charge is 2.43. The van der Waals surface area contributed by atoms with E-state index in [4.69, 9.17) is 4.74 Å². The Labute approximate surface area is 164 Å².